The first-order chi connectivity index (χ1) is 10.2. The van der Waals surface area contributed by atoms with Gasteiger partial charge >= 0.3 is 0 Å². The lowest BCUT2D eigenvalue weighted by molar-refractivity contribution is -0.122. The van der Waals surface area contributed by atoms with E-state index in [-0.39, 0.29) is 11.9 Å². The van der Waals surface area contributed by atoms with E-state index in [0.29, 0.717) is 13.0 Å². The monoisotopic (exact) mass is 296 g/mol. The third-order valence-electron chi connectivity index (χ3n) is 4.97. The topological polar surface area (TPSA) is 61.6 Å². The Morgan fingerprint density at radius 1 is 1.24 bits per heavy atom. The Balaban J connectivity index is 1.74. The van der Waals surface area contributed by atoms with Crippen molar-refractivity contribution in [2.45, 2.75) is 57.5 Å². The molecule has 1 heterocycles. The number of hydrogen-bond donors (Lipinski definition) is 2. The molecule has 0 radical (unpaired) electrons. The highest BCUT2D eigenvalue weighted by molar-refractivity contribution is 5.76. The minimum Gasteiger partial charge on any atom is -0.356 e. The minimum atomic E-state index is 0.144. The molecule has 3 N–H and O–H groups in total. The van der Waals surface area contributed by atoms with Gasteiger partial charge in [0.2, 0.25) is 5.91 Å². The molecule has 1 unspecified atom stereocenters. The molecule has 0 aromatic carbocycles. The Kier molecular flexibility index (Phi) is 6.93. The van der Waals surface area contributed by atoms with Crippen molar-refractivity contribution >= 4 is 5.91 Å². The third kappa shape index (κ3) is 4.94. The van der Waals surface area contributed by atoms with Crippen LogP contribution in [0.3, 0.4) is 0 Å². The van der Waals surface area contributed by atoms with Gasteiger partial charge in [-0.15, -0.1) is 0 Å². The summed E-state index contributed by atoms with van der Waals surface area (Å²) in [6, 6.07) is 1.02. The van der Waals surface area contributed by atoms with Gasteiger partial charge in [0.25, 0.3) is 0 Å². The van der Waals surface area contributed by atoms with Gasteiger partial charge in [-0.2, -0.15) is 0 Å². The van der Waals surface area contributed by atoms with Crippen LogP contribution in [0.5, 0.6) is 0 Å². The number of rotatable bonds is 7. The summed E-state index contributed by atoms with van der Waals surface area (Å²) >= 11 is 0. The summed E-state index contributed by atoms with van der Waals surface area (Å²) in [5.74, 6) is 0.144. The van der Waals surface area contributed by atoms with Crippen LogP contribution in [0.1, 0.15) is 45.4 Å². The molecule has 1 saturated carbocycles. The van der Waals surface area contributed by atoms with Crippen molar-refractivity contribution in [2.24, 2.45) is 5.73 Å². The molecule has 2 fully saturated rings. The fourth-order valence-corrected chi connectivity index (χ4v) is 3.65. The number of amides is 1. The van der Waals surface area contributed by atoms with E-state index in [9.17, 15) is 4.79 Å². The fraction of sp³-hybridized carbons (Fsp3) is 0.938. The quantitative estimate of drug-likeness (QED) is 0.729. The Hall–Kier alpha value is -0.650. The molecule has 5 heteroatoms. The highest BCUT2D eigenvalue weighted by Crippen LogP contribution is 2.24. The van der Waals surface area contributed by atoms with Gasteiger partial charge in [0, 0.05) is 57.8 Å². The Morgan fingerprint density at radius 2 is 1.90 bits per heavy atom. The standard InChI is InChI=1S/C16H32N4O/c1-2-7-18-16(21)12-15(13-17)20-10-8-19(9-11-20)14-5-3-4-6-14/h14-15H,2-13,17H2,1H3,(H,18,21). The SMILES string of the molecule is CCCNC(=O)CC(CN)N1CCN(C2CCCC2)CC1. The summed E-state index contributed by atoms with van der Waals surface area (Å²) in [7, 11) is 0. The van der Waals surface area contributed by atoms with Gasteiger partial charge < -0.3 is 11.1 Å². The van der Waals surface area contributed by atoms with E-state index in [1.54, 1.807) is 0 Å². The van der Waals surface area contributed by atoms with Gasteiger partial charge in [0.05, 0.1) is 0 Å². The second-order valence-electron chi connectivity index (χ2n) is 6.45. The average Bonchev–Trinajstić information content (AvgIpc) is 3.05. The van der Waals surface area contributed by atoms with Crippen LogP contribution in [-0.4, -0.2) is 67.1 Å². The van der Waals surface area contributed by atoms with Crippen molar-refractivity contribution in [3.05, 3.63) is 0 Å². The predicted octanol–water partition coefficient (Wildman–Crippen LogP) is 0.790. The number of carbonyl (C=O) groups is 1. The molecule has 21 heavy (non-hydrogen) atoms. The Labute approximate surface area is 129 Å². The molecular weight excluding hydrogens is 264 g/mol. The first-order valence-electron chi connectivity index (χ1n) is 8.69. The van der Waals surface area contributed by atoms with Crippen molar-refractivity contribution in [3.8, 4) is 0 Å². The van der Waals surface area contributed by atoms with Gasteiger partial charge in [0.1, 0.15) is 0 Å². The molecule has 0 aromatic heterocycles. The predicted molar refractivity (Wildman–Crippen MR) is 86.2 cm³/mol. The van der Waals surface area contributed by atoms with Crippen molar-refractivity contribution in [3.63, 3.8) is 0 Å². The number of nitrogens with one attached hydrogen (secondary N) is 1. The van der Waals surface area contributed by atoms with Crippen LogP contribution < -0.4 is 11.1 Å². The first kappa shape index (κ1) is 16.7. The molecular formula is C16H32N4O. The summed E-state index contributed by atoms with van der Waals surface area (Å²) in [5, 5.41) is 2.96. The van der Waals surface area contributed by atoms with Gasteiger partial charge in [-0.3, -0.25) is 14.6 Å². The van der Waals surface area contributed by atoms with E-state index < -0.39 is 0 Å². The Bertz CT molecular complexity index is 309. The highest BCUT2D eigenvalue weighted by Gasteiger charge is 2.29. The molecule has 2 aliphatic rings. The van der Waals surface area contributed by atoms with Crippen molar-refractivity contribution < 1.29 is 4.79 Å². The van der Waals surface area contributed by atoms with Gasteiger partial charge in [-0.25, -0.2) is 0 Å². The summed E-state index contributed by atoms with van der Waals surface area (Å²) in [6.07, 6.45) is 7.07. The molecule has 2 rings (SSSR count). The first-order valence-corrected chi connectivity index (χ1v) is 8.69. The maximum Gasteiger partial charge on any atom is 0.221 e. The largest absolute Gasteiger partial charge is 0.356 e. The van der Waals surface area contributed by atoms with E-state index in [1.165, 1.54) is 25.7 Å². The van der Waals surface area contributed by atoms with Crippen LogP contribution in [0.4, 0.5) is 0 Å². The fourth-order valence-electron chi connectivity index (χ4n) is 3.65. The van der Waals surface area contributed by atoms with Crippen LogP contribution in [0.15, 0.2) is 0 Å². The number of carbonyl (C=O) groups excluding carboxylic acids is 1. The van der Waals surface area contributed by atoms with Gasteiger partial charge in [-0.1, -0.05) is 19.8 Å². The van der Waals surface area contributed by atoms with Gasteiger partial charge in [0.15, 0.2) is 0 Å². The van der Waals surface area contributed by atoms with E-state index in [2.05, 4.69) is 22.0 Å². The summed E-state index contributed by atoms with van der Waals surface area (Å²) in [4.78, 5) is 16.9. The number of hydrogen-bond acceptors (Lipinski definition) is 4. The van der Waals surface area contributed by atoms with E-state index in [0.717, 1.165) is 45.2 Å². The smallest absolute Gasteiger partial charge is 0.221 e. The van der Waals surface area contributed by atoms with Crippen LogP contribution >= 0.6 is 0 Å². The zero-order valence-electron chi connectivity index (χ0n) is 13.5. The van der Waals surface area contributed by atoms with Gasteiger partial charge in [-0.05, 0) is 19.3 Å². The zero-order valence-corrected chi connectivity index (χ0v) is 13.5. The maximum atomic E-state index is 11.9. The molecule has 0 aromatic rings. The third-order valence-corrected chi connectivity index (χ3v) is 4.97. The number of nitrogens with zero attached hydrogens (tertiary/aromatic N) is 2. The molecule has 0 spiro atoms. The van der Waals surface area contributed by atoms with Crippen molar-refractivity contribution in [1.82, 2.24) is 15.1 Å². The molecule has 1 atom stereocenters. The zero-order chi connectivity index (χ0) is 15.1. The average molecular weight is 296 g/mol. The number of nitrogens with two attached hydrogens (primary N) is 1. The molecule has 1 saturated heterocycles. The normalized spacial score (nSPS) is 23.3. The summed E-state index contributed by atoms with van der Waals surface area (Å²) in [5.41, 5.74) is 5.90. The Morgan fingerprint density at radius 3 is 2.48 bits per heavy atom. The van der Waals surface area contributed by atoms with E-state index in [1.807, 2.05) is 0 Å². The van der Waals surface area contributed by atoms with Crippen molar-refractivity contribution in [1.29, 1.82) is 0 Å². The second kappa shape index (κ2) is 8.71. The molecule has 122 valence electrons. The van der Waals surface area contributed by atoms with E-state index >= 15 is 0 Å². The highest BCUT2D eigenvalue weighted by atomic mass is 16.1. The lowest BCUT2D eigenvalue weighted by Gasteiger charge is -2.41. The molecule has 1 amide bonds. The molecule has 0 bridgehead atoms. The number of piperazine rings is 1. The summed E-state index contributed by atoms with van der Waals surface area (Å²) < 4.78 is 0. The van der Waals surface area contributed by atoms with Crippen molar-refractivity contribution in [2.75, 3.05) is 39.3 Å². The maximum absolute atomic E-state index is 11.9. The second-order valence-corrected chi connectivity index (χ2v) is 6.45. The van der Waals surface area contributed by atoms with Crippen LogP contribution in [0.25, 0.3) is 0 Å². The minimum absolute atomic E-state index is 0.144. The molecule has 5 nitrogen and oxygen atoms in total. The van der Waals surface area contributed by atoms with Crippen LogP contribution in [0, 0.1) is 0 Å². The van der Waals surface area contributed by atoms with Crippen LogP contribution in [-0.2, 0) is 4.79 Å². The lowest BCUT2D eigenvalue weighted by atomic mass is 10.1. The van der Waals surface area contributed by atoms with Crippen LogP contribution in [0.2, 0.25) is 0 Å². The summed E-state index contributed by atoms with van der Waals surface area (Å²) in [6.45, 7) is 7.80. The van der Waals surface area contributed by atoms with E-state index in [4.69, 9.17) is 5.73 Å². The molecule has 1 aliphatic carbocycles. The lowest BCUT2D eigenvalue weighted by Crippen LogP contribution is -2.55. The molecule has 1 aliphatic heterocycles.